The number of quaternary nitrogens is 1. The lowest BCUT2D eigenvalue weighted by Gasteiger charge is -2.15. The Morgan fingerprint density at radius 1 is 1.11 bits per heavy atom. The zero-order valence-electron chi connectivity index (χ0n) is 11.3. The summed E-state index contributed by atoms with van der Waals surface area (Å²) >= 11 is 12.2. The van der Waals surface area contributed by atoms with Crippen molar-refractivity contribution in [3.63, 3.8) is 0 Å². The van der Waals surface area contributed by atoms with E-state index in [9.17, 15) is 0 Å². The number of benzene rings is 1. The van der Waals surface area contributed by atoms with Crippen LogP contribution in [0.4, 0.5) is 0 Å². The molecule has 0 spiro atoms. The Bertz CT molecular complexity index is 570. The highest BCUT2D eigenvalue weighted by Gasteiger charge is 2.15. The highest BCUT2D eigenvalue weighted by Crippen LogP contribution is 2.31. The molecule has 1 heterocycles. The predicted octanol–water partition coefficient (Wildman–Crippen LogP) is 4.12. The molecule has 102 valence electrons. The van der Waals surface area contributed by atoms with E-state index < -0.39 is 0 Å². The van der Waals surface area contributed by atoms with Crippen LogP contribution in [0.3, 0.4) is 0 Å². The monoisotopic (exact) mass is 298 g/mol. The summed E-state index contributed by atoms with van der Waals surface area (Å²) in [6, 6.07) is 9.28. The molecule has 2 N–H and O–H groups in total. The first-order valence-electron chi connectivity index (χ1n) is 6.24. The van der Waals surface area contributed by atoms with Crippen LogP contribution >= 0.6 is 23.2 Å². The van der Waals surface area contributed by atoms with E-state index >= 15 is 0 Å². The van der Waals surface area contributed by atoms with Gasteiger partial charge >= 0.3 is 0 Å². The quantitative estimate of drug-likeness (QED) is 0.908. The van der Waals surface area contributed by atoms with Crippen LogP contribution in [0.25, 0.3) is 11.3 Å². The zero-order chi connectivity index (χ0) is 14.0. The number of rotatable bonds is 3. The van der Waals surface area contributed by atoms with Crippen LogP contribution < -0.4 is 5.32 Å². The van der Waals surface area contributed by atoms with E-state index in [2.05, 4.69) is 26.1 Å². The molecule has 1 aromatic heterocycles. The molecular formula is C15H18Cl2NO+. The first-order chi connectivity index (χ1) is 8.85. The smallest absolute Gasteiger partial charge is 0.158 e. The van der Waals surface area contributed by atoms with Gasteiger partial charge in [-0.05, 0) is 51.1 Å². The van der Waals surface area contributed by atoms with Crippen molar-refractivity contribution in [1.29, 1.82) is 0 Å². The van der Waals surface area contributed by atoms with Crippen molar-refractivity contribution in [1.82, 2.24) is 0 Å². The molecule has 0 amide bonds. The molecule has 0 aliphatic carbocycles. The van der Waals surface area contributed by atoms with Gasteiger partial charge in [0, 0.05) is 10.6 Å². The lowest BCUT2D eigenvalue weighted by atomic mass is 10.1. The average Bonchev–Trinajstić information content (AvgIpc) is 2.77. The summed E-state index contributed by atoms with van der Waals surface area (Å²) in [5, 5.41) is 3.53. The summed E-state index contributed by atoms with van der Waals surface area (Å²) in [4.78, 5) is 0. The summed E-state index contributed by atoms with van der Waals surface area (Å²) in [6.07, 6.45) is 0. The summed E-state index contributed by atoms with van der Waals surface area (Å²) in [5.74, 6) is 1.69. The number of hydrogen-bond acceptors (Lipinski definition) is 1. The van der Waals surface area contributed by atoms with E-state index in [0.717, 1.165) is 23.6 Å². The van der Waals surface area contributed by atoms with Gasteiger partial charge in [-0.3, -0.25) is 0 Å². The lowest BCUT2D eigenvalue weighted by Crippen LogP contribution is -2.92. The molecule has 0 saturated heterocycles. The summed E-state index contributed by atoms with van der Waals surface area (Å²) < 4.78 is 5.83. The van der Waals surface area contributed by atoms with Crippen molar-refractivity contribution in [2.45, 2.75) is 32.9 Å². The van der Waals surface area contributed by atoms with Gasteiger partial charge in [0.2, 0.25) is 0 Å². The van der Waals surface area contributed by atoms with Crippen molar-refractivity contribution >= 4 is 23.2 Å². The molecule has 0 radical (unpaired) electrons. The van der Waals surface area contributed by atoms with E-state index in [1.807, 2.05) is 18.2 Å². The summed E-state index contributed by atoms with van der Waals surface area (Å²) in [6.45, 7) is 7.32. The fourth-order valence-corrected chi connectivity index (χ4v) is 2.11. The SMILES string of the molecule is CC(C)(C)[NH2+]Cc1ccc(-c2cc(Cl)ccc2Cl)o1. The van der Waals surface area contributed by atoms with Gasteiger partial charge in [0.15, 0.2) is 5.76 Å². The van der Waals surface area contributed by atoms with Gasteiger partial charge in [-0.2, -0.15) is 0 Å². The van der Waals surface area contributed by atoms with Gasteiger partial charge in [-0.25, -0.2) is 0 Å². The number of furan rings is 1. The van der Waals surface area contributed by atoms with Crippen molar-refractivity contribution in [2.24, 2.45) is 0 Å². The van der Waals surface area contributed by atoms with Gasteiger partial charge in [-0.1, -0.05) is 23.2 Å². The molecule has 0 aliphatic rings. The van der Waals surface area contributed by atoms with Gasteiger partial charge in [0.05, 0.1) is 10.6 Å². The minimum absolute atomic E-state index is 0.181. The third kappa shape index (κ3) is 4.00. The van der Waals surface area contributed by atoms with E-state index in [-0.39, 0.29) is 5.54 Å². The highest BCUT2D eigenvalue weighted by atomic mass is 35.5. The van der Waals surface area contributed by atoms with Crippen LogP contribution in [-0.4, -0.2) is 5.54 Å². The maximum absolute atomic E-state index is 6.16. The van der Waals surface area contributed by atoms with Gasteiger partial charge in [0.25, 0.3) is 0 Å². The number of nitrogens with two attached hydrogens (primary N) is 1. The third-order valence-corrected chi connectivity index (χ3v) is 3.34. The summed E-state index contributed by atoms with van der Waals surface area (Å²) in [5.41, 5.74) is 1.01. The minimum Gasteiger partial charge on any atom is -0.455 e. The Morgan fingerprint density at radius 2 is 1.84 bits per heavy atom. The van der Waals surface area contributed by atoms with Crippen LogP contribution in [-0.2, 0) is 6.54 Å². The third-order valence-electron chi connectivity index (χ3n) is 2.77. The van der Waals surface area contributed by atoms with Crippen molar-refractivity contribution < 1.29 is 9.73 Å². The maximum atomic E-state index is 6.16. The molecule has 0 saturated carbocycles. The molecule has 1 aromatic carbocycles. The Labute approximate surface area is 123 Å². The van der Waals surface area contributed by atoms with Crippen LogP contribution in [0, 0.1) is 0 Å². The molecule has 0 unspecified atom stereocenters. The fraction of sp³-hybridized carbons (Fsp3) is 0.333. The molecule has 2 aromatic rings. The van der Waals surface area contributed by atoms with Gasteiger partial charge in [0.1, 0.15) is 12.3 Å². The Balaban J connectivity index is 2.19. The van der Waals surface area contributed by atoms with Crippen LogP contribution in [0.5, 0.6) is 0 Å². The zero-order valence-corrected chi connectivity index (χ0v) is 12.8. The van der Waals surface area contributed by atoms with Crippen molar-refractivity contribution in [2.75, 3.05) is 0 Å². The van der Waals surface area contributed by atoms with Crippen LogP contribution in [0.1, 0.15) is 26.5 Å². The molecule has 2 nitrogen and oxygen atoms in total. The minimum atomic E-state index is 0.181. The Kier molecular flexibility index (Phi) is 4.24. The number of halogens is 2. The van der Waals surface area contributed by atoms with E-state index in [1.165, 1.54) is 0 Å². The highest BCUT2D eigenvalue weighted by molar-refractivity contribution is 6.35. The predicted molar refractivity (Wildman–Crippen MR) is 79.5 cm³/mol. The Morgan fingerprint density at radius 3 is 2.53 bits per heavy atom. The standard InChI is InChI=1S/C15H17Cl2NO/c1-15(2,3)18-9-11-5-7-14(19-11)12-8-10(16)4-6-13(12)17/h4-8,18H,9H2,1-3H3/p+1. The lowest BCUT2D eigenvalue weighted by molar-refractivity contribution is -0.732. The molecular weight excluding hydrogens is 281 g/mol. The first kappa shape index (κ1) is 14.4. The van der Waals surface area contributed by atoms with E-state index in [4.69, 9.17) is 27.6 Å². The van der Waals surface area contributed by atoms with E-state index in [1.54, 1.807) is 12.1 Å². The molecule has 4 heteroatoms. The molecule has 0 bridgehead atoms. The normalized spacial score (nSPS) is 11.8. The molecule has 19 heavy (non-hydrogen) atoms. The summed E-state index contributed by atoms with van der Waals surface area (Å²) in [7, 11) is 0. The Hall–Kier alpha value is -0.960. The van der Waals surface area contributed by atoms with Crippen molar-refractivity contribution in [3.8, 4) is 11.3 Å². The topological polar surface area (TPSA) is 29.8 Å². The average molecular weight is 299 g/mol. The molecule has 0 aliphatic heterocycles. The van der Waals surface area contributed by atoms with Gasteiger partial charge in [-0.15, -0.1) is 0 Å². The fourth-order valence-electron chi connectivity index (χ4n) is 1.73. The second kappa shape index (κ2) is 5.58. The molecule has 0 atom stereocenters. The largest absolute Gasteiger partial charge is 0.455 e. The number of hydrogen-bond donors (Lipinski definition) is 1. The first-order valence-corrected chi connectivity index (χ1v) is 6.99. The van der Waals surface area contributed by atoms with E-state index in [0.29, 0.717) is 10.0 Å². The maximum Gasteiger partial charge on any atom is 0.158 e. The second-order valence-corrected chi connectivity index (χ2v) is 6.51. The van der Waals surface area contributed by atoms with Gasteiger partial charge < -0.3 is 9.73 Å². The second-order valence-electron chi connectivity index (χ2n) is 5.66. The molecule has 2 rings (SSSR count). The van der Waals surface area contributed by atoms with Crippen molar-refractivity contribution in [3.05, 3.63) is 46.1 Å². The van der Waals surface area contributed by atoms with Crippen LogP contribution in [0.15, 0.2) is 34.7 Å². The van der Waals surface area contributed by atoms with Crippen LogP contribution in [0.2, 0.25) is 10.0 Å². The molecule has 0 fully saturated rings.